The van der Waals surface area contributed by atoms with Crippen LogP contribution in [0.5, 0.6) is 5.75 Å². The number of hydrogen-bond acceptors (Lipinski definition) is 13. The lowest BCUT2D eigenvalue weighted by Crippen LogP contribution is -2.54. The molecule has 4 aromatic rings. The smallest absolute Gasteiger partial charge is 0.262 e. The predicted molar refractivity (Wildman–Crippen MR) is 237 cm³/mol. The van der Waals surface area contributed by atoms with E-state index < -0.39 is 44.8 Å². The minimum atomic E-state index is -3.57. The number of hydrogen-bond donors (Lipinski definition) is 3. The number of amides is 4. The second kappa shape index (κ2) is 17.7. The molecule has 4 aliphatic heterocycles. The molecule has 5 heterocycles. The molecule has 1 atom stereocenters. The van der Waals surface area contributed by atoms with Crippen molar-refractivity contribution in [3.8, 4) is 5.75 Å². The van der Waals surface area contributed by atoms with Crippen LogP contribution in [0.25, 0.3) is 0 Å². The molecule has 3 N–H and O–H groups in total. The molecule has 1 unspecified atom stereocenters. The van der Waals surface area contributed by atoms with Gasteiger partial charge in [-0.05, 0) is 131 Å². The summed E-state index contributed by atoms with van der Waals surface area (Å²) in [6.07, 6.45) is 5.76. The summed E-state index contributed by atoms with van der Waals surface area (Å²) in [7, 11) is -1.94. The van der Waals surface area contributed by atoms with Crippen molar-refractivity contribution < 1.29 is 32.3 Å². The maximum atomic E-state index is 13.4. The van der Waals surface area contributed by atoms with Crippen LogP contribution in [0.1, 0.15) is 90.1 Å². The van der Waals surface area contributed by atoms with Crippen LogP contribution < -0.4 is 25.6 Å². The topological polar surface area (TPSA) is 183 Å². The number of fused-ring (bicyclic) bond motifs is 1. The predicted octanol–water partition coefficient (Wildman–Crippen LogP) is 6.61. The van der Waals surface area contributed by atoms with Gasteiger partial charge in [-0.15, -0.1) is 0 Å². The zero-order chi connectivity index (χ0) is 43.9. The number of piperidine rings is 3. The number of ether oxygens (including phenoxy) is 1. The van der Waals surface area contributed by atoms with Crippen LogP contribution in [0.2, 0.25) is 5.02 Å². The summed E-state index contributed by atoms with van der Waals surface area (Å²) in [6.45, 7) is 10.1. The molecule has 0 spiro atoms. The molecule has 15 nitrogen and oxygen atoms in total. The number of aryl methyl sites for hydroxylation is 1. The van der Waals surface area contributed by atoms with Crippen LogP contribution in [-0.2, 0) is 19.4 Å². The Kier molecular flexibility index (Phi) is 12.3. The second-order valence-corrected chi connectivity index (χ2v) is 19.7. The third-order valence-electron chi connectivity index (χ3n) is 12.6. The highest BCUT2D eigenvalue weighted by Gasteiger charge is 2.45. The molecular formula is C45H51ClN8O7S. The molecule has 1 aromatic heterocycles. The third-order valence-corrected chi connectivity index (χ3v) is 15.1. The second-order valence-electron chi connectivity index (χ2n) is 16.8. The van der Waals surface area contributed by atoms with Gasteiger partial charge in [0.1, 0.15) is 16.8 Å². The van der Waals surface area contributed by atoms with Gasteiger partial charge in [-0.25, -0.2) is 13.4 Å². The quantitative estimate of drug-likeness (QED) is 0.129. The summed E-state index contributed by atoms with van der Waals surface area (Å²) in [5.41, 5.74) is 4.93. The van der Waals surface area contributed by atoms with Gasteiger partial charge >= 0.3 is 0 Å². The van der Waals surface area contributed by atoms with Crippen LogP contribution in [0.15, 0.2) is 65.7 Å². The number of sulfone groups is 1. The minimum absolute atomic E-state index is 0.0866. The van der Waals surface area contributed by atoms with E-state index in [1.54, 1.807) is 57.4 Å². The summed E-state index contributed by atoms with van der Waals surface area (Å²) >= 11 is 6.49. The van der Waals surface area contributed by atoms with Gasteiger partial charge in [-0.1, -0.05) is 23.7 Å². The molecule has 3 saturated heterocycles. The molecule has 4 amide bonds. The van der Waals surface area contributed by atoms with Crippen molar-refractivity contribution in [2.75, 3.05) is 55.4 Å². The molecule has 0 saturated carbocycles. The SMILES string of the molecule is COc1cc(C2CCN(CC3CCN(c4ccc5c(c4)C(=O)N(C4CCC(=O)NC4=O)C5=O)CC3)CC2)c(C)cc1Nc1ncc(Cl)c(Nc2ccccc2S(=O)(=O)C(C)C)n1. The first-order chi connectivity index (χ1) is 29.7. The number of nitrogens with one attached hydrogen (secondary N) is 3. The molecule has 4 aliphatic rings. The number of halogens is 1. The molecular weight excluding hydrogens is 832 g/mol. The van der Waals surface area contributed by atoms with Crippen molar-refractivity contribution in [1.82, 2.24) is 25.1 Å². The summed E-state index contributed by atoms with van der Waals surface area (Å²) in [6, 6.07) is 15.2. The fourth-order valence-electron chi connectivity index (χ4n) is 9.07. The normalized spacial score (nSPS) is 19.2. The molecule has 0 radical (unpaired) electrons. The lowest BCUT2D eigenvalue weighted by atomic mass is 9.85. The number of carbonyl (C=O) groups is 4. The Morgan fingerprint density at radius 2 is 1.61 bits per heavy atom. The van der Waals surface area contributed by atoms with Crippen molar-refractivity contribution in [2.45, 2.75) is 81.4 Å². The Labute approximate surface area is 366 Å². The monoisotopic (exact) mass is 882 g/mol. The minimum Gasteiger partial charge on any atom is -0.495 e. The summed E-state index contributed by atoms with van der Waals surface area (Å²) in [5.74, 6) is 0.123. The molecule has 3 aromatic carbocycles. The van der Waals surface area contributed by atoms with E-state index in [0.29, 0.717) is 40.1 Å². The van der Waals surface area contributed by atoms with Crippen LogP contribution in [-0.4, -0.2) is 103 Å². The van der Waals surface area contributed by atoms with E-state index in [0.717, 1.165) is 74.6 Å². The standard InChI is InChI=1S/C45H51ClN8O7S/c1-26(2)62(59,60)39-8-6-5-7-35(39)48-41-34(46)24-47-45(51-41)49-36-21-27(3)32(23-38(36)61-4)29-15-17-52(18-16-29)25-28-13-19-53(20-14-28)30-9-10-31-33(22-30)44(58)54(43(31)57)37-11-12-40(55)50-42(37)56/h5-10,21-24,26,28-29,37H,11-20,25H2,1-4H3,(H,50,55,56)(H2,47,48,49,51). The van der Waals surface area contributed by atoms with E-state index in [1.165, 1.54) is 11.8 Å². The van der Waals surface area contributed by atoms with Crippen molar-refractivity contribution in [3.05, 3.63) is 88.1 Å². The van der Waals surface area contributed by atoms with Gasteiger partial charge in [0, 0.05) is 31.7 Å². The molecule has 0 bridgehead atoms. The van der Waals surface area contributed by atoms with Crippen molar-refractivity contribution in [3.63, 3.8) is 0 Å². The van der Waals surface area contributed by atoms with E-state index >= 15 is 0 Å². The molecule has 326 valence electrons. The first kappa shape index (κ1) is 43.1. The van der Waals surface area contributed by atoms with Gasteiger partial charge in [0.05, 0.1) is 46.0 Å². The Balaban J connectivity index is 0.851. The average molecular weight is 883 g/mol. The van der Waals surface area contributed by atoms with Crippen LogP contribution in [0, 0.1) is 12.8 Å². The maximum Gasteiger partial charge on any atom is 0.262 e. The average Bonchev–Trinajstić information content (AvgIpc) is 3.50. The summed E-state index contributed by atoms with van der Waals surface area (Å²) in [4.78, 5) is 65.7. The lowest BCUT2D eigenvalue weighted by molar-refractivity contribution is -0.136. The maximum absolute atomic E-state index is 13.4. The van der Waals surface area contributed by atoms with Crippen LogP contribution in [0.4, 0.5) is 28.8 Å². The number of anilines is 5. The Bertz CT molecular complexity index is 2540. The zero-order valence-electron chi connectivity index (χ0n) is 35.2. The van der Waals surface area contributed by atoms with E-state index in [-0.39, 0.29) is 34.5 Å². The number of aromatic nitrogens is 2. The third kappa shape index (κ3) is 8.59. The van der Waals surface area contributed by atoms with Crippen LogP contribution >= 0.6 is 11.6 Å². The van der Waals surface area contributed by atoms with E-state index in [4.69, 9.17) is 16.3 Å². The van der Waals surface area contributed by atoms with Gasteiger partial charge in [-0.3, -0.25) is 29.4 Å². The number of likely N-dealkylation sites (tertiary alicyclic amines) is 1. The Morgan fingerprint density at radius 1 is 0.887 bits per heavy atom. The molecule has 8 rings (SSSR count). The first-order valence-electron chi connectivity index (χ1n) is 21.1. The van der Waals surface area contributed by atoms with E-state index in [2.05, 4.69) is 48.7 Å². The Morgan fingerprint density at radius 3 is 2.32 bits per heavy atom. The number of nitrogens with zero attached hydrogens (tertiary/aromatic N) is 5. The fraction of sp³-hybridized carbons (Fsp3) is 0.422. The van der Waals surface area contributed by atoms with Gasteiger partial charge in [-0.2, -0.15) is 4.98 Å². The highest BCUT2D eigenvalue weighted by Crippen LogP contribution is 2.39. The first-order valence-corrected chi connectivity index (χ1v) is 23.0. The number of methoxy groups -OCH3 is 1. The largest absolute Gasteiger partial charge is 0.495 e. The molecule has 0 aliphatic carbocycles. The highest BCUT2D eigenvalue weighted by molar-refractivity contribution is 7.92. The fourth-order valence-corrected chi connectivity index (χ4v) is 10.4. The highest BCUT2D eigenvalue weighted by atomic mass is 35.5. The van der Waals surface area contributed by atoms with Gasteiger partial charge in [0.2, 0.25) is 17.8 Å². The molecule has 62 heavy (non-hydrogen) atoms. The Hall–Kier alpha value is -5.58. The summed E-state index contributed by atoms with van der Waals surface area (Å²) < 4.78 is 32.0. The van der Waals surface area contributed by atoms with Crippen molar-refractivity contribution in [1.29, 1.82) is 0 Å². The zero-order valence-corrected chi connectivity index (χ0v) is 36.8. The molecule has 17 heteroatoms. The number of rotatable bonds is 12. The van der Waals surface area contributed by atoms with Gasteiger partial charge in [0.15, 0.2) is 15.7 Å². The number of carbonyl (C=O) groups excluding carboxylic acids is 4. The van der Waals surface area contributed by atoms with Crippen LogP contribution in [0.3, 0.4) is 0 Å². The molecule has 3 fully saturated rings. The van der Waals surface area contributed by atoms with Crippen molar-refractivity contribution in [2.24, 2.45) is 5.92 Å². The van der Waals surface area contributed by atoms with Gasteiger partial charge in [0.25, 0.3) is 11.8 Å². The summed E-state index contributed by atoms with van der Waals surface area (Å²) in [5, 5.41) is 8.26. The van der Waals surface area contributed by atoms with Crippen molar-refractivity contribution >= 4 is 73.9 Å². The number of para-hydroxylation sites is 1. The van der Waals surface area contributed by atoms with Gasteiger partial charge < -0.3 is 25.2 Å². The van der Waals surface area contributed by atoms with E-state index in [9.17, 15) is 27.6 Å². The number of imide groups is 2. The lowest BCUT2D eigenvalue weighted by Gasteiger charge is -2.38. The van der Waals surface area contributed by atoms with E-state index in [1.807, 2.05) is 12.1 Å². The number of benzene rings is 3.